The largest absolute Gasteiger partial charge is 0.387 e. The second-order valence-corrected chi connectivity index (χ2v) is 4.60. The van der Waals surface area contributed by atoms with E-state index in [0.29, 0.717) is 5.02 Å². The third-order valence-corrected chi connectivity index (χ3v) is 3.24. The average Bonchev–Trinajstić information content (AvgIpc) is 2.41. The lowest BCUT2D eigenvalue weighted by atomic mass is 9.89. The molecule has 2 rings (SSSR count). The number of benzene rings is 2. The van der Waals surface area contributed by atoms with Crippen LogP contribution in [0.1, 0.15) is 23.1 Å². The van der Waals surface area contributed by atoms with Crippen LogP contribution in [-0.2, 0) is 0 Å². The summed E-state index contributed by atoms with van der Waals surface area (Å²) in [7, 11) is 0. The third kappa shape index (κ3) is 2.81. The van der Waals surface area contributed by atoms with Crippen LogP contribution in [0.25, 0.3) is 0 Å². The lowest BCUT2D eigenvalue weighted by Crippen LogP contribution is -2.08. The lowest BCUT2D eigenvalue weighted by molar-refractivity contribution is 0.162. The van der Waals surface area contributed by atoms with E-state index >= 15 is 0 Å². The molecule has 0 heterocycles. The second-order valence-electron chi connectivity index (χ2n) is 4.17. The fraction of sp³-hybridized carbons (Fsp3) is 0.125. The van der Waals surface area contributed by atoms with Gasteiger partial charge in [0.15, 0.2) is 0 Å². The van der Waals surface area contributed by atoms with E-state index in [1.54, 1.807) is 18.2 Å². The Labute approximate surface area is 112 Å². The average molecular weight is 259 g/mol. The molecule has 0 spiro atoms. The minimum Gasteiger partial charge on any atom is -0.387 e. The highest BCUT2D eigenvalue weighted by Crippen LogP contribution is 2.32. The first-order valence-electron chi connectivity index (χ1n) is 5.83. The van der Waals surface area contributed by atoms with E-state index in [4.69, 9.17) is 11.6 Å². The third-order valence-electron chi connectivity index (χ3n) is 2.99. The Balaban J connectivity index is 2.28. The Kier molecular flexibility index (Phi) is 4.19. The second kappa shape index (κ2) is 5.85. The van der Waals surface area contributed by atoms with Crippen molar-refractivity contribution in [1.82, 2.24) is 0 Å². The molecule has 2 atom stereocenters. The summed E-state index contributed by atoms with van der Waals surface area (Å²) in [5, 5.41) is 11.1. The van der Waals surface area contributed by atoms with Gasteiger partial charge in [-0.25, -0.2) is 0 Å². The van der Waals surface area contributed by atoms with Crippen molar-refractivity contribution in [1.29, 1.82) is 0 Å². The van der Waals surface area contributed by atoms with Crippen molar-refractivity contribution in [3.63, 3.8) is 0 Å². The SMILES string of the molecule is C=C[C@@H](c1ccccc1)[C@@H](O)c1ccc(Cl)cc1. The first-order valence-corrected chi connectivity index (χ1v) is 6.21. The minimum atomic E-state index is -0.609. The summed E-state index contributed by atoms with van der Waals surface area (Å²) < 4.78 is 0. The van der Waals surface area contributed by atoms with Gasteiger partial charge in [-0.3, -0.25) is 0 Å². The van der Waals surface area contributed by atoms with Crippen molar-refractivity contribution in [2.75, 3.05) is 0 Å². The van der Waals surface area contributed by atoms with E-state index < -0.39 is 6.10 Å². The Morgan fingerprint density at radius 1 is 0.944 bits per heavy atom. The molecule has 0 radical (unpaired) electrons. The van der Waals surface area contributed by atoms with E-state index in [-0.39, 0.29) is 5.92 Å². The highest BCUT2D eigenvalue weighted by molar-refractivity contribution is 6.30. The van der Waals surface area contributed by atoms with Gasteiger partial charge in [0.25, 0.3) is 0 Å². The van der Waals surface area contributed by atoms with Gasteiger partial charge in [-0.15, -0.1) is 6.58 Å². The standard InChI is InChI=1S/C16H15ClO/c1-2-15(12-6-4-3-5-7-12)16(18)13-8-10-14(17)11-9-13/h2-11,15-16,18H,1H2/t15-,16-/m0/s1. The molecular formula is C16H15ClO. The first kappa shape index (κ1) is 12.9. The van der Waals surface area contributed by atoms with Crippen molar-refractivity contribution in [3.05, 3.63) is 83.4 Å². The molecule has 0 amide bonds. The summed E-state index contributed by atoms with van der Waals surface area (Å²) in [5.74, 6) is -0.118. The quantitative estimate of drug-likeness (QED) is 0.809. The van der Waals surface area contributed by atoms with E-state index in [0.717, 1.165) is 11.1 Å². The summed E-state index contributed by atoms with van der Waals surface area (Å²) in [6, 6.07) is 17.1. The van der Waals surface area contributed by atoms with Crippen LogP contribution < -0.4 is 0 Å². The Hall–Kier alpha value is -1.57. The number of aliphatic hydroxyl groups excluding tert-OH is 1. The van der Waals surface area contributed by atoms with Gasteiger partial charge in [-0.1, -0.05) is 60.1 Å². The van der Waals surface area contributed by atoms with Crippen molar-refractivity contribution in [2.24, 2.45) is 0 Å². The number of hydrogen-bond donors (Lipinski definition) is 1. The molecule has 0 aliphatic rings. The van der Waals surface area contributed by atoms with Gasteiger partial charge in [-0.2, -0.15) is 0 Å². The predicted octanol–water partition coefficient (Wildman–Crippen LogP) is 4.34. The van der Waals surface area contributed by atoms with Crippen molar-refractivity contribution in [2.45, 2.75) is 12.0 Å². The maximum atomic E-state index is 10.4. The summed E-state index contributed by atoms with van der Waals surface area (Å²) in [5.41, 5.74) is 1.89. The zero-order valence-electron chi connectivity index (χ0n) is 9.96. The number of rotatable bonds is 4. The van der Waals surface area contributed by atoms with Crippen LogP contribution in [0.15, 0.2) is 67.3 Å². The van der Waals surface area contributed by atoms with E-state index in [9.17, 15) is 5.11 Å². The molecule has 0 aliphatic heterocycles. The highest BCUT2D eigenvalue weighted by Gasteiger charge is 2.19. The molecule has 1 N–H and O–H groups in total. The Morgan fingerprint density at radius 2 is 1.56 bits per heavy atom. The lowest BCUT2D eigenvalue weighted by Gasteiger charge is -2.20. The molecule has 1 nitrogen and oxygen atoms in total. The number of aliphatic hydroxyl groups is 1. The van der Waals surface area contributed by atoms with Crippen LogP contribution in [0.2, 0.25) is 5.02 Å². The molecule has 0 unspecified atom stereocenters. The maximum Gasteiger partial charge on any atom is 0.0893 e. The zero-order valence-corrected chi connectivity index (χ0v) is 10.7. The molecule has 0 aromatic heterocycles. The fourth-order valence-electron chi connectivity index (χ4n) is 1.99. The number of halogens is 1. The normalized spacial score (nSPS) is 13.9. The van der Waals surface area contributed by atoms with Gasteiger partial charge < -0.3 is 5.11 Å². The maximum absolute atomic E-state index is 10.4. The highest BCUT2D eigenvalue weighted by atomic mass is 35.5. The minimum absolute atomic E-state index is 0.118. The fourth-order valence-corrected chi connectivity index (χ4v) is 2.12. The van der Waals surface area contributed by atoms with Crippen LogP contribution in [0, 0.1) is 0 Å². The van der Waals surface area contributed by atoms with E-state index in [1.165, 1.54) is 0 Å². The molecule has 2 heteroatoms. The monoisotopic (exact) mass is 258 g/mol. The molecule has 18 heavy (non-hydrogen) atoms. The van der Waals surface area contributed by atoms with E-state index in [2.05, 4.69) is 6.58 Å². The molecule has 0 bridgehead atoms. The summed E-state index contributed by atoms with van der Waals surface area (Å²) >= 11 is 5.85. The number of hydrogen-bond acceptors (Lipinski definition) is 1. The van der Waals surface area contributed by atoms with Crippen molar-refractivity contribution < 1.29 is 5.11 Å². The Bertz CT molecular complexity index is 504. The molecule has 0 saturated heterocycles. The molecule has 2 aromatic carbocycles. The predicted molar refractivity (Wildman–Crippen MR) is 75.8 cm³/mol. The van der Waals surface area contributed by atoms with Crippen molar-refractivity contribution in [3.8, 4) is 0 Å². The van der Waals surface area contributed by atoms with Gasteiger partial charge in [0.05, 0.1) is 6.10 Å². The Morgan fingerprint density at radius 3 is 2.11 bits per heavy atom. The molecular weight excluding hydrogens is 244 g/mol. The topological polar surface area (TPSA) is 20.2 Å². The molecule has 0 saturated carbocycles. The zero-order chi connectivity index (χ0) is 13.0. The van der Waals surface area contributed by atoms with Crippen LogP contribution in [0.5, 0.6) is 0 Å². The van der Waals surface area contributed by atoms with Crippen molar-refractivity contribution >= 4 is 11.6 Å². The van der Waals surface area contributed by atoms with Crippen LogP contribution in [0.4, 0.5) is 0 Å². The molecule has 0 fully saturated rings. The van der Waals surface area contributed by atoms with Crippen LogP contribution in [-0.4, -0.2) is 5.11 Å². The molecule has 2 aromatic rings. The van der Waals surface area contributed by atoms with Gasteiger partial charge >= 0.3 is 0 Å². The summed E-state index contributed by atoms with van der Waals surface area (Å²) in [6.45, 7) is 3.82. The van der Waals surface area contributed by atoms with Crippen LogP contribution in [0.3, 0.4) is 0 Å². The smallest absolute Gasteiger partial charge is 0.0893 e. The molecule has 92 valence electrons. The summed E-state index contributed by atoms with van der Waals surface area (Å²) in [4.78, 5) is 0. The van der Waals surface area contributed by atoms with Crippen LogP contribution >= 0.6 is 11.6 Å². The summed E-state index contributed by atoms with van der Waals surface area (Å²) in [6.07, 6.45) is 1.16. The van der Waals surface area contributed by atoms with Gasteiger partial charge in [-0.05, 0) is 23.3 Å². The van der Waals surface area contributed by atoms with Gasteiger partial charge in [0, 0.05) is 10.9 Å². The van der Waals surface area contributed by atoms with Gasteiger partial charge in [0.1, 0.15) is 0 Å². The van der Waals surface area contributed by atoms with E-state index in [1.807, 2.05) is 42.5 Å². The first-order chi connectivity index (χ1) is 8.72. The molecule has 0 aliphatic carbocycles. The van der Waals surface area contributed by atoms with Gasteiger partial charge in [0.2, 0.25) is 0 Å².